The maximum absolute atomic E-state index is 10.4. The fourth-order valence-corrected chi connectivity index (χ4v) is 2.50. The third-order valence-corrected chi connectivity index (χ3v) is 3.31. The Morgan fingerprint density at radius 3 is 2.71 bits per heavy atom. The topological polar surface area (TPSA) is 17.1 Å². The van der Waals surface area contributed by atoms with Crippen molar-refractivity contribution < 1.29 is 4.79 Å². The molecule has 0 N–H and O–H groups in total. The van der Waals surface area contributed by atoms with Gasteiger partial charge in [-0.1, -0.05) is 32.4 Å². The molecule has 2 unspecified atom stereocenters. The Kier molecular flexibility index (Phi) is 4.37. The van der Waals surface area contributed by atoms with Gasteiger partial charge in [0.25, 0.3) is 0 Å². The van der Waals surface area contributed by atoms with Gasteiger partial charge in [0.1, 0.15) is 6.29 Å². The first-order chi connectivity index (χ1) is 6.65. The van der Waals surface area contributed by atoms with Crippen LogP contribution < -0.4 is 0 Å². The van der Waals surface area contributed by atoms with Crippen molar-refractivity contribution in [2.24, 2.45) is 17.8 Å². The second-order valence-corrected chi connectivity index (χ2v) is 4.92. The molecule has 1 aliphatic carbocycles. The smallest absolute Gasteiger partial charge is 0.123 e. The lowest BCUT2D eigenvalue weighted by molar-refractivity contribution is -0.107. The summed E-state index contributed by atoms with van der Waals surface area (Å²) < 4.78 is 0. The van der Waals surface area contributed by atoms with Gasteiger partial charge < -0.3 is 4.79 Å². The Morgan fingerprint density at radius 1 is 1.43 bits per heavy atom. The molecule has 1 heteroatoms. The van der Waals surface area contributed by atoms with Crippen molar-refractivity contribution in [1.82, 2.24) is 0 Å². The molecule has 1 saturated carbocycles. The number of carbonyl (C=O) groups is 1. The van der Waals surface area contributed by atoms with E-state index in [-0.39, 0.29) is 0 Å². The van der Waals surface area contributed by atoms with Gasteiger partial charge in [0.05, 0.1) is 0 Å². The molecule has 0 amide bonds. The quantitative estimate of drug-likeness (QED) is 0.495. The molecule has 1 fully saturated rings. The molecule has 0 aromatic carbocycles. The van der Waals surface area contributed by atoms with Gasteiger partial charge in [-0.15, -0.1) is 0 Å². The molecule has 1 nitrogen and oxygen atoms in total. The van der Waals surface area contributed by atoms with Gasteiger partial charge in [0.15, 0.2) is 0 Å². The van der Waals surface area contributed by atoms with E-state index in [1.165, 1.54) is 24.8 Å². The molecular weight excluding hydrogens is 172 g/mol. The van der Waals surface area contributed by atoms with E-state index in [4.69, 9.17) is 0 Å². The summed E-state index contributed by atoms with van der Waals surface area (Å²) >= 11 is 0. The molecule has 2 atom stereocenters. The lowest BCUT2D eigenvalue weighted by atomic mass is 9.73. The van der Waals surface area contributed by atoms with Crippen LogP contribution in [0.4, 0.5) is 0 Å². The highest BCUT2D eigenvalue weighted by atomic mass is 16.1. The average Bonchev–Trinajstić information content (AvgIpc) is 2.14. The van der Waals surface area contributed by atoms with Gasteiger partial charge in [-0.25, -0.2) is 0 Å². The van der Waals surface area contributed by atoms with Crippen molar-refractivity contribution >= 4 is 6.29 Å². The number of rotatable bonds is 3. The lowest BCUT2D eigenvalue weighted by Gasteiger charge is -2.32. The third-order valence-electron chi connectivity index (χ3n) is 3.31. The van der Waals surface area contributed by atoms with Gasteiger partial charge >= 0.3 is 0 Å². The van der Waals surface area contributed by atoms with E-state index in [0.717, 1.165) is 24.0 Å². The van der Waals surface area contributed by atoms with E-state index in [0.29, 0.717) is 6.42 Å². The van der Waals surface area contributed by atoms with Crippen LogP contribution in [-0.4, -0.2) is 6.29 Å². The summed E-state index contributed by atoms with van der Waals surface area (Å²) in [5.41, 5.74) is 1.53. The third kappa shape index (κ3) is 2.97. The summed E-state index contributed by atoms with van der Waals surface area (Å²) in [6.45, 7) is 6.89. The molecule has 0 radical (unpaired) electrons. The molecule has 0 aromatic heterocycles. The monoisotopic (exact) mass is 194 g/mol. The second kappa shape index (κ2) is 5.33. The largest absolute Gasteiger partial charge is 0.303 e. The molecule has 0 saturated heterocycles. The molecule has 1 aliphatic rings. The van der Waals surface area contributed by atoms with Crippen LogP contribution in [0.1, 0.15) is 46.5 Å². The summed E-state index contributed by atoms with van der Waals surface area (Å²) in [5, 5.41) is 0. The van der Waals surface area contributed by atoms with E-state index >= 15 is 0 Å². The van der Waals surface area contributed by atoms with Crippen LogP contribution in [0.2, 0.25) is 0 Å². The van der Waals surface area contributed by atoms with Crippen molar-refractivity contribution in [2.75, 3.05) is 0 Å². The molecular formula is C13H22O. The zero-order valence-electron chi connectivity index (χ0n) is 9.62. The standard InChI is InChI=1S/C13H22O/c1-10(2)13-7-6-11(3)9-12(13)5-4-8-14/h5,8,10-11,13H,4,6-7,9H2,1-3H3/b12-5+. The van der Waals surface area contributed by atoms with Crippen LogP contribution in [-0.2, 0) is 4.79 Å². The molecule has 0 heterocycles. The summed E-state index contributed by atoms with van der Waals surface area (Å²) in [5.74, 6) is 2.26. The van der Waals surface area contributed by atoms with E-state index in [2.05, 4.69) is 26.8 Å². The lowest BCUT2D eigenvalue weighted by Crippen LogP contribution is -2.20. The zero-order valence-corrected chi connectivity index (χ0v) is 9.62. The van der Waals surface area contributed by atoms with Crippen molar-refractivity contribution in [3.8, 4) is 0 Å². The summed E-state index contributed by atoms with van der Waals surface area (Å²) in [4.78, 5) is 10.4. The van der Waals surface area contributed by atoms with Gasteiger partial charge in [-0.05, 0) is 37.0 Å². The number of hydrogen-bond donors (Lipinski definition) is 0. The van der Waals surface area contributed by atoms with Crippen LogP contribution in [0.3, 0.4) is 0 Å². The predicted octanol–water partition coefficient (Wildman–Crippen LogP) is 3.59. The molecule has 0 spiro atoms. The molecule has 0 bridgehead atoms. The van der Waals surface area contributed by atoms with E-state index in [1.807, 2.05) is 0 Å². The first kappa shape index (κ1) is 11.5. The van der Waals surface area contributed by atoms with Gasteiger partial charge in [0.2, 0.25) is 0 Å². The van der Waals surface area contributed by atoms with Crippen molar-refractivity contribution in [3.63, 3.8) is 0 Å². The maximum Gasteiger partial charge on any atom is 0.123 e. The number of hydrogen-bond acceptors (Lipinski definition) is 1. The minimum Gasteiger partial charge on any atom is -0.303 e. The highest BCUT2D eigenvalue weighted by Crippen LogP contribution is 2.37. The number of allylic oxidation sites excluding steroid dienone is 2. The number of carbonyl (C=O) groups excluding carboxylic acids is 1. The van der Waals surface area contributed by atoms with Crippen LogP contribution in [0, 0.1) is 17.8 Å². The Balaban J connectivity index is 2.68. The molecule has 14 heavy (non-hydrogen) atoms. The molecule has 80 valence electrons. The Labute approximate surface area is 87.6 Å². The van der Waals surface area contributed by atoms with Crippen molar-refractivity contribution in [2.45, 2.75) is 46.5 Å². The second-order valence-electron chi connectivity index (χ2n) is 4.92. The van der Waals surface area contributed by atoms with Crippen LogP contribution in [0.15, 0.2) is 11.6 Å². The van der Waals surface area contributed by atoms with Gasteiger partial charge in [-0.3, -0.25) is 0 Å². The molecule has 0 aliphatic heterocycles. The molecule has 1 rings (SSSR count). The van der Waals surface area contributed by atoms with E-state index < -0.39 is 0 Å². The Morgan fingerprint density at radius 2 is 2.14 bits per heavy atom. The SMILES string of the molecule is CC1CCC(C(C)C)/C(=C/CC=O)C1. The van der Waals surface area contributed by atoms with Gasteiger partial charge in [-0.2, -0.15) is 0 Å². The minimum absolute atomic E-state index is 0.602. The predicted molar refractivity (Wildman–Crippen MR) is 60.1 cm³/mol. The minimum atomic E-state index is 0.602. The van der Waals surface area contributed by atoms with E-state index in [1.54, 1.807) is 0 Å². The fourth-order valence-electron chi connectivity index (χ4n) is 2.50. The van der Waals surface area contributed by atoms with Crippen LogP contribution in [0.5, 0.6) is 0 Å². The first-order valence-corrected chi connectivity index (χ1v) is 5.77. The highest BCUT2D eigenvalue weighted by Gasteiger charge is 2.24. The van der Waals surface area contributed by atoms with Gasteiger partial charge in [0, 0.05) is 6.42 Å². The van der Waals surface area contributed by atoms with Crippen LogP contribution >= 0.6 is 0 Å². The Bertz CT molecular complexity index is 215. The molecule has 0 aromatic rings. The highest BCUT2D eigenvalue weighted by molar-refractivity contribution is 5.52. The van der Waals surface area contributed by atoms with E-state index in [9.17, 15) is 4.79 Å². The zero-order chi connectivity index (χ0) is 10.6. The van der Waals surface area contributed by atoms with Crippen molar-refractivity contribution in [1.29, 1.82) is 0 Å². The summed E-state index contributed by atoms with van der Waals surface area (Å²) in [6.07, 6.45) is 7.63. The fraction of sp³-hybridized carbons (Fsp3) is 0.769. The number of aldehydes is 1. The summed E-state index contributed by atoms with van der Waals surface area (Å²) in [7, 11) is 0. The van der Waals surface area contributed by atoms with Crippen LogP contribution in [0.25, 0.3) is 0 Å². The van der Waals surface area contributed by atoms with Crippen molar-refractivity contribution in [3.05, 3.63) is 11.6 Å². The Hall–Kier alpha value is -0.590. The maximum atomic E-state index is 10.4. The first-order valence-electron chi connectivity index (χ1n) is 5.77. The summed E-state index contributed by atoms with van der Waals surface area (Å²) in [6, 6.07) is 0. The normalized spacial score (nSPS) is 31.0. The average molecular weight is 194 g/mol.